The molecule has 4 rings (SSSR count). The fourth-order valence-corrected chi connectivity index (χ4v) is 3.30. The Morgan fingerprint density at radius 1 is 1.15 bits per heavy atom. The third-order valence-corrected chi connectivity index (χ3v) is 4.96. The third kappa shape index (κ3) is 5.03. The Balaban J connectivity index is 1.51. The van der Waals surface area contributed by atoms with Gasteiger partial charge in [-0.3, -0.25) is 9.59 Å². The summed E-state index contributed by atoms with van der Waals surface area (Å²) in [6, 6.07) is 13.7. The summed E-state index contributed by atoms with van der Waals surface area (Å²) in [5.41, 5.74) is 3.31. The standard InChI is InChI=1S/C23H18F3N5O3/c1-14-20-21(34-30-14)18(11-15-5-3-2-4-6-15)29-31(22(20)33)13-19(32)28-27-12-16-7-9-17(10-8-16)23(24,25)26/h2-10,12H,11,13H2,1H3,(H,28,32)/b27-12+. The summed E-state index contributed by atoms with van der Waals surface area (Å²) in [6.07, 6.45) is -2.88. The number of hydrogen-bond donors (Lipinski definition) is 1. The lowest BCUT2D eigenvalue weighted by Crippen LogP contribution is -2.32. The zero-order chi connectivity index (χ0) is 24.3. The minimum absolute atomic E-state index is 0.238. The number of aryl methyl sites for hydroxylation is 1. The molecule has 1 amide bonds. The molecule has 0 atom stereocenters. The number of amides is 1. The van der Waals surface area contributed by atoms with Gasteiger partial charge in [0.25, 0.3) is 11.5 Å². The lowest BCUT2D eigenvalue weighted by molar-refractivity contribution is -0.137. The number of nitrogens with one attached hydrogen (secondary N) is 1. The summed E-state index contributed by atoms with van der Waals surface area (Å²) in [6.45, 7) is 1.20. The van der Waals surface area contributed by atoms with Crippen LogP contribution in [0.2, 0.25) is 0 Å². The van der Waals surface area contributed by atoms with Gasteiger partial charge in [-0.1, -0.05) is 47.6 Å². The van der Waals surface area contributed by atoms with Gasteiger partial charge in [0.15, 0.2) is 5.58 Å². The van der Waals surface area contributed by atoms with Gasteiger partial charge in [-0.05, 0) is 30.2 Å². The molecule has 0 bridgehead atoms. The fraction of sp³-hybridized carbons (Fsp3) is 0.174. The van der Waals surface area contributed by atoms with Gasteiger partial charge in [0.1, 0.15) is 17.6 Å². The number of halogens is 3. The Hall–Kier alpha value is -4.28. The lowest BCUT2D eigenvalue weighted by Gasteiger charge is -2.08. The number of rotatable bonds is 6. The first-order chi connectivity index (χ1) is 16.2. The number of carbonyl (C=O) groups is 1. The maximum absolute atomic E-state index is 12.8. The van der Waals surface area contributed by atoms with E-state index < -0.39 is 29.8 Å². The average molecular weight is 469 g/mol. The molecule has 0 spiro atoms. The molecule has 1 N–H and O–H groups in total. The van der Waals surface area contributed by atoms with Gasteiger partial charge in [0.2, 0.25) is 0 Å². The molecule has 0 radical (unpaired) electrons. The van der Waals surface area contributed by atoms with E-state index in [1.54, 1.807) is 6.92 Å². The number of benzene rings is 2. The molecule has 2 aromatic carbocycles. The molecule has 4 aromatic rings. The van der Waals surface area contributed by atoms with Crippen LogP contribution in [0.3, 0.4) is 0 Å². The summed E-state index contributed by atoms with van der Waals surface area (Å²) in [7, 11) is 0. The van der Waals surface area contributed by atoms with Gasteiger partial charge in [-0.2, -0.15) is 23.4 Å². The zero-order valence-electron chi connectivity index (χ0n) is 17.8. The van der Waals surface area contributed by atoms with Gasteiger partial charge >= 0.3 is 6.18 Å². The minimum Gasteiger partial charge on any atom is -0.354 e. The average Bonchev–Trinajstić information content (AvgIpc) is 3.19. The maximum atomic E-state index is 12.8. The Morgan fingerprint density at radius 2 is 1.85 bits per heavy atom. The Labute approximate surface area is 190 Å². The van der Waals surface area contributed by atoms with Crippen LogP contribution in [0.4, 0.5) is 13.2 Å². The van der Waals surface area contributed by atoms with Crippen molar-refractivity contribution in [3.63, 3.8) is 0 Å². The molecule has 0 saturated heterocycles. The Kier molecular flexibility index (Phi) is 6.26. The van der Waals surface area contributed by atoms with Crippen molar-refractivity contribution in [2.24, 2.45) is 5.10 Å². The van der Waals surface area contributed by atoms with Crippen molar-refractivity contribution in [3.8, 4) is 0 Å². The van der Waals surface area contributed by atoms with Gasteiger partial charge in [-0.15, -0.1) is 0 Å². The Bertz CT molecular complexity index is 1410. The van der Waals surface area contributed by atoms with E-state index in [0.29, 0.717) is 23.4 Å². The highest BCUT2D eigenvalue weighted by atomic mass is 19.4. The molecule has 174 valence electrons. The monoisotopic (exact) mass is 469 g/mol. The van der Waals surface area contributed by atoms with Crippen molar-refractivity contribution in [2.75, 3.05) is 0 Å². The molecule has 0 aliphatic rings. The Morgan fingerprint density at radius 3 is 2.53 bits per heavy atom. The van der Waals surface area contributed by atoms with Crippen molar-refractivity contribution >= 4 is 23.1 Å². The number of carbonyl (C=O) groups excluding carboxylic acids is 1. The molecular weight excluding hydrogens is 451 g/mol. The van der Waals surface area contributed by atoms with Crippen LogP contribution in [0, 0.1) is 6.92 Å². The lowest BCUT2D eigenvalue weighted by atomic mass is 10.1. The highest BCUT2D eigenvalue weighted by molar-refractivity contribution is 5.83. The molecule has 0 aliphatic heterocycles. The van der Waals surface area contributed by atoms with Crippen LogP contribution in [0.5, 0.6) is 0 Å². The number of nitrogens with zero attached hydrogens (tertiary/aromatic N) is 4. The van der Waals surface area contributed by atoms with Crippen LogP contribution >= 0.6 is 0 Å². The molecular formula is C23H18F3N5O3. The van der Waals surface area contributed by atoms with E-state index in [1.165, 1.54) is 18.3 Å². The number of fused-ring (bicyclic) bond motifs is 1. The topological polar surface area (TPSA) is 102 Å². The highest BCUT2D eigenvalue weighted by Crippen LogP contribution is 2.28. The molecule has 0 fully saturated rings. The largest absolute Gasteiger partial charge is 0.416 e. The van der Waals surface area contributed by atoms with Crippen molar-refractivity contribution in [3.05, 3.63) is 93.0 Å². The number of aromatic nitrogens is 3. The van der Waals surface area contributed by atoms with E-state index in [2.05, 4.69) is 20.8 Å². The highest BCUT2D eigenvalue weighted by Gasteiger charge is 2.29. The summed E-state index contributed by atoms with van der Waals surface area (Å²) >= 11 is 0. The second-order valence-corrected chi connectivity index (χ2v) is 7.46. The molecule has 11 heteroatoms. The molecule has 0 unspecified atom stereocenters. The van der Waals surface area contributed by atoms with E-state index >= 15 is 0 Å². The second-order valence-electron chi connectivity index (χ2n) is 7.46. The first-order valence-corrected chi connectivity index (χ1v) is 10.1. The second kappa shape index (κ2) is 9.30. The minimum atomic E-state index is -4.44. The first-order valence-electron chi connectivity index (χ1n) is 10.1. The number of alkyl halides is 3. The van der Waals surface area contributed by atoms with E-state index in [1.807, 2.05) is 30.3 Å². The van der Waals surface area contributed by atoms with E-state index in [0.717, 1.165) is 22.4 Å². The normalized spacial score (nSPS) is 11.9. The van der Waals surface area contributed by atoms with Crippen molar-refractivity contribution in [1.29, 1.82) is 0 Å². The SMILES string of the molecule is Cc1noc2c(Cc3ccccc3)nn(CC(=O)N/N=C/c3ccc(C(F)(F)F)cc3)c(=O)c12. The van der Waals surface area contributed by atoms with Crippen LogP contribution in [0.1, 0.15) is 28.1 Å². The zero-order valence-corrected chi connectivity index (χ0v) is 17.8. The summed E-state index contributed by atoms with van der Waals surface area (Å²) in [5, 5.41) is 12.1. The maximum Gasteiger partial charge on any atom is 0.416 e. The predicted octanol–water partition coefficient (Wildman–Crippen LogP) is 3.45. The van der Waals surface area contributed by atoms with Gasteiger partial charge < -0.3 is 4.52 Å². The van der Waals surface area contributed by atoms with E-state index in [4.69, 9.17) is 4.52 Å². The first kappa shape index (κ1) is 22.9. The number of hydrazone groups is 1. The third-order valence-electron chi connectivity index (χ3n) is 4.96. The van der Waals surface area contributed by atoms with Crippen LogP contribution < -0.4 is 11.0 Å². The van der Waals surface area contributed by atoms with E-state index in [-0.39, 0.29) is 11.0 Å². The van der Waals surface area contributed by atoms with Gasteiger partial charge in [0.05, 0.1) is 17.5 Å². The summed E-state index contributed by atoms with van der Waals surface area (Å²) in [4.78, 5) is 25.2. The quantitative estimate of drug-likeness (QED) is 0.344. The van der Waals surface area contributed by atoms with Gasteiger partial charge in [-0.25, -0.2) is 10.1 Å². The summed E-state index contributed by atoms with van der Waals surface area (Å²) in [5.74, 6) is -0.642. The predicted molar refractivity (Wildman–Crippen MR) is 117 cm³/mol. The number of hydrogen-bond acceptors (Lipinski definition) is 6. The summed E-state index contributed by atoms with van der Waals surface area (Å²) < 4.78 is 44.2. The molecule has 2 aromatic heterocycles. The molecule has 2 heterocycles. The van der Waals surface area contributed by atoms with Crippen molar-refractivity contribution < 1.29 is 22.5 Å². The molecule has 0 aliphatic carbocycles. The van der Waals surface area contributed by atoms with Crippen LogP contribution in [0.25, 0.3) is 11.0 Å². The van der Waals surface area contributed by atoms with Crippen LogP contribution in [0.15, 0.2) is 69.0 Å². The van der Waals surface area contributed by atoms with Crippen LogP contribution in [-0.4, -0.2) is 27.1 Å². The van der Waals surface area contributed by atoms with E-state index in [9.17, 15) is 22.8 Å². The molecule has 34 heavy (non-hydrogen) atoms. The molecule has 0 saturated carbocycles. The fourth-order valence-electron chi connectivity index (χ4n) is 3.30. The molecule has 8 nitrogen and oxygen atoms in total. The van der Waals surface area contributed by atoms with Crippen molar-refractivity contribution in [1.82, 2.24) is 20.4 Å². The smallest absolute Gasteiger partial charge is 0.354 e. The van der Waals surface area contributed by atoms with Gasteiger partial charge in [0, 0.05) is 6.42 Å². The van der Waals surface area contributed by atoms with Crippen molar-refractivity contribution in [2.45, 2.75) is 26.1 Å². The van der Waals surface area contributed by atoms with Crippen LogP contribution in [-0.2, 0) is 23.9 Å².